The van der Waals surface area contributed by atoms with Gasteiger partial charge in [0, 0.05) is 30.0 Å². The first-order valence-electron chi connectivity index (χ1n) is 9.40. The summed E-state index contributed by atoms with van der Waals surface area (Å²) in [4.78, 5) is 28.5. The monoisotopic (exact) mass is 376 g/mol. The normalized spacial score (nSPS) is 16.1. The van der Waals surface area contributed by atoms with Gasteiger partial charge in [0.05, 0.1) is 25.8 Å². The van der Waals surface area contributed by atoms with Crippen molar-refractivity contribution in [3.8, 4) is 0 Å². The lowest BCUT2D eigenvalue weighted by atomic mass is 10.1. The quantitative estimate of drug-likeness (QED) is 0.791. The van der Waals surface area contributed by atoms with Crippen molar-refractivity contribution in [1.29, 1.82) is 0 Å². The van der Waals surface area contributed by atoms with Crippen molar-refractivity contribution >= 4 is 23.2 Å². The second-order valence-corrected chi connectivity index (χ2v) is 8.02. The summed E-state index contributed by atoms with van der Waals surface area (Å²) in [5.41, 5.74) is 1.59. The second kappa shape index (κ2) is 9.19. The van der Waals surface area contributed by atoms with Gasteiger partial charge in [-0.05, 0) is 59.0 Å². The molecule has 150 valence electrons. The van der Waals surface area contributed by atoms with Gasteiger partial charge in [0.25, 0.3) is 0 Å². The Morgan fingerprint density at radius 3 is 2.33 bits per heavy atom. The number of benzene rings is 1. The number of ether oxygens (including phenoxy) is 1. The number of nitrogens with zero attached hydrogens (tertiary/aromatic N) is 2. The molecule has 0 spiro atoms. The third-order valence-corrected chi connectivity index (χ3v) is 4.46. The van der Waals surface area contributed by atoms with E-state index in [9.17, 15) is 9.59 Å². The van der Waals surface area contributed by atoms with Crippen molar-refractivity contribution in [2.45, 2.75) is 39.3 Å². The maximum absolute atomic E-state index is 12.5. The number of nitrogens with one attached hydrogen (secondary N) is 2. The summed E-state index contributed by atoms with van der Waals surface area (Å²) >= 11 is 0. The molecule has 1 fully saturated rings. The number of hydrogen-bond donors (Lipinski definition) is 2. The molecule has 1 aromatic rings. The lowest BCUT2D eigenvalue weighted by molar-refractivity contribution is -0.125. The maximum Gasteiger partial charge on any atom is 0.241 e. The van der Waals surface area contributed by atoms with Gasteiger partial charge in [0.2, 0.25) is 11.8 Å². The topological polar surface area (TPSA) is 73.9 Å². The molecule has 2 N–H and O–H groups in total. The van der Waals surface area contributed by atoms with Crippen molar-refractivity contribution in [3.05, 3.63) is 24.3 Å². The van der Waals surface area contributed by atoms with Crippen LogP contribution in [0, 0.1) is 0 Å². The molecule has 0 bridgehead atoms. The van der Waals surface area contributed by atoms with Crippen molar-refractivity contribution < 1.29 is 14.3 Å². The molecule has 1 saturated heterocycles. The summed E-state index contributed by atoms with van der Waals surface area (Å²) in [5, 5.41) is 5.82. The molecule has 2 amide bonds. The third-order valence-electron chi connectivity index (χ3n) is 4.46. The highest BCUT2D eigenvalue weighted by Crippen LogP contribution is 2.19. The Morgan fingerprint density at radius 2 is 1.78 bits per heavy atom. The predicted molar refractivity (Wildman–Crippen MR) is 108 cm³/mol. The second-order valence-electron chi connectivity index (χ2n) is 8.02. The van der Waals surface area contributed by atoms with Gasteiger partial charge in [0.15, 0.2) is 0 Å². The van der Waals surface area contributed by atoms with Gasteiger partial charge in [-0.1, -0.05) is 0 Å². The van der Waals surface area contributed by atoms with Gasteiger partial charge in [-0.15, -0.1) is 0 Å². The van der Waals surface area contributed by atoms with E-state index in [1.165, 1.54) is 0 Å². The van der Waals surface area contributed by atoms with Gasteiger partial charge in [-0.3, -0.25) is 14.5 Å². The molecule has 27 heavy (non-hydrogen) atoms. The van der Waals surface area contributed by atoms with E-state index in [-0.39, 0.29) is 23.9 Å². The highest BCUT2D eigenvalue weighted by molar-refractivity contribution is 5.95. The van der Waals surface area contributed by atoms with Crippen LogP contribution in [-0.4, -0.2) is 68.2 Å². The molecule has 2 rings (SSSR count). The largest absolute Gasteiger partial charge is 0.378 e. The molecule has 0 unspecified atom stereocenters. The first kappa shape index (κ1) is 21.2. The van der Waals surface area contributed by atoms with E-state index in [2.05, 4.69) is 15.5 Å². The third kappa shape index (κ3) is 6.84. The van der Waals surface area contributed by atoms with Crippen LogP contribution in [0.25, 0.3) is 0 Å². The zero-order valence-electron chi connectivity index (χ0n) is 17.0. The summed E-state index contributed by atoms with van der Waals surface area (Å²) in [7, 11) is 1.77. The number of amides is 2. The lowest BCUT2D eigenvalue weighted by Crippen LogP contribution is -2.49. The van der Waals surface area contributed by atoms with Gasteiger partial charge in [-0.25, -0.2) is 0 Å². The fourth-order valence-electron chi connectivity index (χ4n) is 2.85. The Hall–Kier alpha value is -2.12. The van der Waals surface area contributed by atoms with Crippen molar-refractivity contribution in [1.82, 2.24) is 10.2 Å². The van der Waals surface area contributed by atoms with Gasteiger partial charge < -0.3 is 20.3 Å². The molecule has 0 saturated carbocycles. The van der Waals surface area contributed by atoms with Crippen LogP contribution in [0.2, 0.25) is 0 Å². The Kier molecular flexibility index (Phi) is 7.21. The molecule has 0 aliphatic carbocycles. The molecule has 1 aromatic carbocycles. The van der Waals surface area contributed by atoms with Crippen LogP contribution in [0.15, 0.2) is 24.3 Å². The number of carbonyl (C=O) groups excluding carboxylic acids is 2. The fraction of sp³-hybridized carbons (Fsp3) is 0.600. The number of likely N-dealkylation sites (N-methyl/N-ethyl adjacent to an activating group) is 1. The molecular weight excluding hydrogens is 344 g/mol. The Labute approximate surface area is 162 Å². The predicted octanol–water partition coefficient (Wildman–Crippen LogP) is 1.70. The molecule has 0 aromatic heterocycles. The lowest BCUT2D eigenvalue weighted by Gasteiger charge is -2.29. The Balaban J connectivity index is 1.86. The fourth-order valence-corrected chi connectivity index (χ4v) is 2.85. The molecule has 1 atom stereocenters. The summed E-state index contributed by atoms with van der Waals surface area (Å²) < 4.78 is 5.37. The molecular formula is C20H32N4O3. The van der Waals surface area contributed by atoms with E-state index >= 15 is 0 Å². The standard InChI is InChI=1S/C20H32N4O3/c1-15(23(5)14-18(25)22-20(2,3)4)19(26)21-16-6-8-17(9-7-16)24-10-12-27-13-11-24/h6-9,15H,10-14H2,1-5H3,(H,21,26)(H,22,25)/t15-/m1/s1. The van der Waals surface area contributed by atoms with Gasteiger partial charge in [0.1, 0.15) is 0 Å². The average Bonchev–Trinajstić information content (AvgIpc) is 2.60. The van der Waals surface area contributed by atoms with Crippen molar-refractivity contribution in [2.75, 3.05) is 50.1 Å². The maximum atomic E-state index is 12.5. The number of morpholine rings is 1. The molecule has 1 heterocycles. The van der Waals surface area contributed by atoms with E-state index in [1.807, 2.05) is 45.0 Å². The van der Waals surface area contributed by atoms with Crippen LogP contribution >= 0.6 is 0 Å². The molecule has 0 radical (unpaired) electrons. The van der Waals surface area contributed by atoms with Crippen LogP contribution in [0.4, 0.5) is 11.4 Å². The van der Waals surface area contributed by atoms with Crippen LogP contribution in [0.5, 0.6) is 0 Å². The van der Waals surface area contributed by atoms with Crippen molar-refractivity contribution in [3.63, 3.8) is 0 Å². The van der Waals surface area contributed by atoms with Gasteiger partial charge in [-0.2, -0.15) is 0 Å². The van der Waals surface area contributed by atoms with E-state index < -0.39 is 6.04 Å². The number of rotatable bonds is 6. The smallest absolute Gasteiger partial charge is 0.241 e. The minimum atomic E-state index is -0.422. The molecule has 7 heteroatoms. The number of anilines is 2. The number of hydrogen-bond acceptors (Lipinski definition) is 5. The zero-order valence-corrected chi connectivity index (χ0v) is 17.0. The Morgan fingerprint density at radius 1 is 1.19 bits per heavy atom. The molecule has 1 aliphatic heterocycles. The first-order valence-corrected chi connectivity index (χ1v) is 9.40. The Bertz CT molecular complexity index is 634. The van der Waals surface area contributed by atoms with Crippen LogP contribution in [-0.2, 0) is 14.3 Å². The summed E-state index contributed by atoms with van der Waals surface area (Å²) in [6.07, 6.45) is 0. The summed E-state index contributed by atoms with van der Waals surface area (Å²) in [5.74, 6) is -0.236. The van der Waals surface area contributed by atoms with Crippen molar-refractivity contribution in [2.24, 2.45) is 0 Å². The summed E-state index contributed by atoms with van der Waals surface area (Å²) in [6, 6.07) is 7.40. The summed E-state index contributed by atoms with van der Waals surface area (Å²) in [6.45, 7) is 11.0. The molecule has 7 nitrogen and oxygen atoms in total. The molecule has 1 aliphatic rings. The van der Waals surface area contributed by atoms with Crippen LogP contribution in [0.3, 0.4) is 0 Å². The van der Waals surface area contributed by atoms with E-state index in [1.54, 1.807) is 18.9 Å². The van der Waals surface area contributed by atoms with Crippen LogP contribution in [0.1, 0.15) is 27.7 Å². The first-order chi connectivity index (χ1) is 12.7. The average molecular weight is 377 g/mol. The van der Waals surface area contributed by atoms with E-state index in [0.717, 1.165) is 37.7 Å². The zero-order chi connectivity index (χ0) is 20.0. The highest BCUT2D eigenvalue weighted by atomic mass is 16.5. The van der Waals surface area contributed by atoms with Gasteiger partial charge >= 0.3 is 0 Å². The SMILES string of the molecule is C[C@H](C(=O)Nc1ccc(N2CCOCC2)cc1)N(C)CC(=O)NC(C)(C)C. The minimum Gasteiger partial charge on any atom is -0.378 e. The minimum absolute atomic E-state index is 0.0977. The number of carbonyl (C=O) groups is 2. The van der Waals surface area contributed by atoms with E-state index in [0.29, 0.717) is 0 Å². The van der Waals surface area contributed by atoms with E-state index in [4.69, 9.17) is 4.74 Å². The highest BCUT2D eigenvalue weighted by Gasteiger charge is 2.22. The van der Waals surface area contributed by atoms with Crippen LogP contribution < -0.4 is 15.5 Å².